The van der Waals surface area contributed by atoms with E-state index >= 15 is 0 Å². The van der Waals surface area contributed by atoms with Gasteiger partial charge in [-0.1, -0.05) is 49.4 Å². The van der Waals surface area contributed by atoms with Crippen molar-refractivity contribution in [1.82, 2.24) is 24.2 Å². The summed E-state index contributed by atoms with van der Waals surface area (Å²) in [6.07, 6.45) is 1.62. The number of H-pyrrole nitrogens is 1. The van der Waals surface area contributed by atoms with Gasteiger partial charge in [-0.2, -0.15) is 0 Å². The van der Waals surface area contributed by atoms with Crippen LogP contribution in [-0.4, -0.2) is 42.2 Å². The van der Waals surface area contributed by atoms with Gasteiger partial charge in [0, 0.05) is 32.4 Å². The summed E-state index contributed by atoms with van der Waals surface area (Å²) >= 11 is 0. The lowest BCUT2D eigenvalue weighted by atomic mass is 10.1. The monoisotopic (exact) mass is 509 g/mol. The lowest BCUT2D eigenvalue weighted by molar-refractivity contribution is 0.576. The van der Waals surface area contributed by atoms with Crippen LogP contribution in [0.4, 0.5) is 0 Å². The maximum absolute atomic E-state index is 12.7. The van der Waals surface area contributed by atoms with Gasteiger partial charge in [0.05, 0.1) is 10.4 Å². The minimum atomic E-state index is -3.65. The Morgan fingerprint density at radius 1 is 0.944 bits per heavy atom. The van der Waals surface area contributed by atoms with E-state index in [2.05, 4.69) is 27.2 Å². The molecule has 36 heavy (non-hydrogen) atoms. The average molecular weight is 510 g/mol. The second-order valence-corrected chi connectivity index (χ2v) is 10.4. The molecular weight excluding hydrogens is 478 g/mol. The third kappa shape index (κ3) is 5.51. The van der Waals surface area contributed by atoms with E-state index in [0.717, 1.165) is 24.0 Å². The number of hydrogen-bond acceptors (Lipinski definition) is 5. The number of nitrogens with zero attached hydrogens (tertiary/aromatic N) is 2. The molecule has 9 nitrogen and oxygen atoms in total. The van der Waals surface area contributed by atoms with E-state index < -0.39 is 15.6 Å². The Bertz CT molecular complexity index is 1550. The lowest BCUT2D eigenvalue weighted by Crippen LogP contribution is -2.38. The first-order chi connectivity index (χ1) is 17.3. The summed E-state index contributed by atoms with van der Waals surface area (Å²) in [5.41, 5.74) is 2.71. The van der Waals surface area contributed by atoms with Gasteiger partial charge in [0.2, 0.25) is 10.0 Å². The lowest BCUT2D eigenvalue weighted by Gasteiger charge is -2.09. The third-order valence-electron chi connectivity index (χ3n) is 6.07. The molecule has 0 unspecified atom stereocenters. The Morgan fingerprint density at radius 3 is 2.36 bits per heavy atom. The van der Waals surface area contributed by atoms with Crippen molar-refractivity contribution in [2.45, 2.75) is 31.2 Å². The molecule has 0 atom stereocenters. The molecule has 0 radical (unpaired) electrons. The topological polar surface area (TPSA) is 118 Å². The SMILES string of the molecule is CCCn1c(=O)n(C)c(=O)c2[nH]c(-c3ccc(S(=O)(=O)NCCNCCc4ccccc4)cc3)cc21. The highest BCUT2D eigenvalue weighted by atomic mass is 32.2. The molecule has 2 aromatic carbocycles. The highest BCUT2D eigenvalue weighted by Crippen LogP contribution is 2.23. The molecule has 0 aliphatic carbocycles. The van der Waals surface area contributed by atoms with E-state index in [1.165, 1.54) is 24.7 Å². The van der Waals surface area contributed by atoms with E-state index in [-0.39, 0.29) is 17.1 Å². The van der Waals surface area contributed by atoms with Crippen molar-refractivity contribution >= 4 is 21.1 Å². The first-order valence-electron chi connectivity index (χ1n) is 12.0. The van der Waals surface area contributed by atoms with Gasteiger partial charge in [-0.25, -0.2) is 17.9 Å². The molecule has 0 amide bonds. The number of aromatic nitrogens is 3. The van der Waals surface area contributed by atoms with Gasteiger partial charge < -0.3 is 10.3 Å². The Morgan fingerprint density at radius 2 is 1.67 bits per heavy atom. The molecule has 0 spiro atoms. The van der Waals surface area contributed by atoms with Crippen LogP contribution in [0.2, 0.25) is 0 Å². The Hall–Kier alpha value is -3.47. The van der Waals surface area contributed by atoms with Crippen molar-refractivity contribution in [3.05, 3.63) is 87.1 Å². The number of nitrogens with one attached hydrogen (secondary N) is 3. The molecule has 0 aliphatic rings. The molecular formula is C26H31N5O4S. The van der Waals surface area contributed by atoms with Crippen molar-refractivity contribution in [2.24, 2.45) is 7.05 Å². The number of benzene rings is 2. The molecule has 0 saturated heterocycles. The van der Waals surface area contributed by atoms with Crippen molar-refractivity contribution in [1.29, 1.82) is 0 Å². The number of fused-ring (bicyclic) bond motifs is 1. The molecule has 3 N–H and O–H groups in total. The van der Waals surface area contributed by atoms with Crippen LogP contribution in [0.25, 0.3) is 22.3 Å². The Kier molecular flexibility index (Phi) is 7.88. The number of sulfonamides is 1. The molecule has 4 aromatic rings. The normalized spacial score (nSPS) is 11.8. The summed E-state index contributed by atoms with van der Waals surface area (Å²) < 4.78 is 30.7. The minimum absolute atomic E-state index is 0.158. The molecule has 10 heteroatoms. The van der Waals surface area contributed by atoms with E-state index in [1.807, 2.05) is 25.1 Å². The predicted octanol–water partition coefficient (Wildman–Crippen LogP) is 2.22. The summed E-state index contributed by atoms with van der Waals surface area (Å²) in [7, 11) is -2.19. The number of aromatic amines is 1. The van der Waals surface area contributed by atoms with Crippen LogP contribution >= 0.6 is 0 Å². The first kappa shape index (κ1) is 25.6. The first-order valence-corrected chi connectivity index (χ1v) is 13.5. The standard InChI is InChI=1S/C26H31N5O4S/c1-3-17-31-23-18-22(29-24(23)25(32)30(2)26(31)33)20-9-11-21(12-10-20)36(34,35)28-16-15-27-14-13-19-7-5-4-6-8-19/h4-12,18,27-29H,3,13-17H2,1-2H3. The van der Waals surface area contributed by atoms with Crippen LogP contribution in [0.15, 0.2) is 75.1 Å². The molecule has 0 fully saturated rings. The second kappa shape index (κ2) is 11.1. The maximum atomic E-state index is 12.7. The van der Waals surface area contributed by atoms with E-state index in [0.29, 0.717) is 35.4 Å². The third-order valence-corrected chi connectivity index (χ3v) is 7.55. The fraction of sp³-hybridized carbons (Fsp3) is 0.308. The predicted molar refractivity (Wildman–Crippen MR) is 142 cm³/mol. The Labute approximate surface area is 209 Å². The van der Waals surface area contributed by atoms with Crippen LogP contribution in [0, 0.1) is 0 Å². The molecule has 0 saturated carbocycles. The van der Waals surface area contributed by atoms with Crippen molar-refractivity contribution < 1.29 is 8.42 Å². The minimum Gasteiger partial charge on any atom is -0.349 e. The van der Waals surface area contributed by atoms with Crippen LogP contribution in [-0.2, 0) is 30.0 Å². The quantitative estimate of drug-likeness (QED) is 0.268. The van der Waals surface area contributed by atoms with Crippen molar-refractivity contribution in [3.63, 3.8) is 0 Å². The van der Waals surface area contributed by atoms with Crippen LogP contribution < -0.4 is 21.3 Å². The molecule has 4 rings (SSSR count). The Balaban J connectivity index is 1.42. The number of hydrogen-bond donors (Lipinski definition) is 3. The summed E-state index contributed by atoms with van der Waals surface area (Å²) in [4.78, 5) is 28.4. The van der Waals surface area contributed by atoms with Gasteiger partial charge in [-0.05, 0) is 48.7 Å². The fourth-order valence-electron chi connectivity index (χ4n) is 4.13. The van der Waals surface area contributed by atoms with Gasteiger partial charge >= 0.3 is 5.69 Å². The molecule has 2 heterocycles. The summed E-state index contributed by atoms with van der Waals surface area (Å²) in [6.45, 7) is 4.02. The average Bonchev–Trinajstić information content (AvgIpc) is 3.33. The van der Waals surface area contributed by atoms with E-state index in [4.69, 9.17) is 0 Å². The number of rotatable bonds is 11. The number of aryl methyl sites for hydroxylation is 1. The fourth-order valence-corrected chi connectivity index (χ4v) is 5.16. The summed E-state index contributed by atoms with van der Waals surface area (Å²) in [5.74, 6) is 0. The highest BCUT2D eigenvalue weighted by molar-refractivity contribution is 7.89. The molecule has 0 aliphatic heterocycles. The van der Waals surface area contributed by atoms with Crippen molar-refractivity contribution in [3.8, 4) is 11.3 Å². The van der Waals surface area contributed by atoms with Gasteiger partial charge in [0.25, 0.3) is 5.56 Å². The van der Waals surface area contributed by atoms with Gasteiger partial charge in [-0.15, -0.1) is 0 Å². The van der Waals surface area contributed by atoms with Crippen molar-refractivity contribution in [2.75, 3.05) is 19.6 Å². The van der Waals surface area contributed by atoms with Gasteiger partial charge in [-0.3, -0.25) is 13.9 Å². The van der Waals surface area contributed by atoms with Crippen LogP contribution in [0.5, 0.6) is 0 Å². The van der Waals surface area contributed by atoms with E-state index in [1.54, 1.807) is 22.8 Å². The van der Waals surface area contributed by atoms with Crippen LogP contribution in [0.3, 0.4) is 0 Å². The zero-order valence-electron chi connectivity index (χ0n) is 20.5. The van der Waals surface area contributed by atoms with Gasteiger partial charge in [0.15, 0.2) is 0 Å². The maximum Gasteiger partial charge on any atom is 0.331 e. The molecule has 190 valence electrons. The second-order valence-electron chi connectivity index (χ2n) is 8.65. The molecule has 2 aromatic heterocycles. The highest BCUT2D eigenvalue weighted by Gasteiger charge is 2.16. The zero-order chi connectivity index (χ0) is 25.7. The van der Waals surface area contributed by atoms with Crippen LogP contribution in [0.1, 0.15) is 18.9 Å². The van der Waals surface area contributed by atoms with E-state index in [9.17, 15) is 18.0 Å². The molecule has 0 bridgehead atoms. The smallest absolute Gasteiger partial charge is 0.331 e. The summed E-state index contributed by atoms with van der Waals surface area (Å²) in [6, 6.07) is 18.3. The zero-order valence-corrected chi connectivity index (χ0v) is 21.3. The summed E-state index contributed by atoms with van der Waals surface area (Å²) in [5, 5.41) is 3.24. The van der Waals surface area contributed by atoms with Gasteiger partial charge in [0.1, 0.15) is 5.52 Å². The largest absolute Gasteiger partial charge is 0.349 e.